The second-order valence-electron chi connectivity index (χ2n) is 9.25. The Morgan fingerprint density at radius 2 is 1.95 bits per heavy atom. The Balaban J connectivity index is 1.33. The number of halogens is 2. The SMILES string of the molecule is Cc1cc(Oc2cc(F)cc(F)c2)ccc1N1C(=O)Nc2c(C(=O)NC3CCCNC3)sc3nccc1c23. The molecule has 2 aliphatic rings. The fraction of sp³-hybridized carbons (Fsp3) is 0.222. The first kappa shape index (κ1) is 24.3. The smallest absolute Gasteiger partial charge is 0.331 e. The van der Waals surface area contributed by atoms with E-state index in [1.165, 1.54) is 16.2 Å². The highest BCUT2D eigenvalue weighted by molar-refractivity contribution is 7.21. The van der Waals surface area contributed by atoms with Gasteiger partial charge in [0.05, 0.1) is 22.4 Å². The van der Waals surface area contributed by atoms with Gasteiger partial charge in [-0.15, -0.1) is 11.3 Å². The van der Waals surface area contributed by atoms with Gasteiger partial charge in [0.25, 0.3) is 5.91 Å². The van der Waals surface area contributed by atoms with Crippen LogP contribution in [0.3, 0.4) is 0 Å². The third kappa shape index (κ3) is 4.44. The van der Waals surface area contributed by atoms with E-state index in [2.05, 4.69) is 20.9 Å². The summed E-state index contributed by atoms with van der Waals surface area (Å²) in [5.41, 5.74) is 2.35. The quantitative estimate of drug-likeness (QED) is 0.298. The lowest BCUT2D eigenvalue weighted by molar-refractivity contribution is 0.0935. The number of aromatic nitrogens is 1. The minimum absolute atomic E-state index is 0.0268. The standard InChI is InChI=1S/C27H23F2N5O3S/c1-14-9-18(37-19-11-15(28)10-16(29)12-19)4-5-20(14)34-21-6-8-31-26-22(21)23(33-27(34)36)24(38-26)25(35)32-17-3-2-7-30-13-17/h4-6,8-12,17,30H,2-3,7,13H2,1H3,(H,32,35)(H,33,36). The summed E-state index contributed by atoms with van der Waals surface area (Å²) in [5, 5.41) is 9.95. The van der Waals surface area contributed by atoms with Gasteiger partial charge in [0.15, 0.2) is 0 Å². The molecule has 1 atom stereocenters. The van der Waals surface area contributed by atoms with Crippen LogP contribution in [0.1, 0.15) is 28.1 Å². The van der Waals surface area contributed by atoms with E-state index in [1.807, 2.05) is 0 Å². The number of pyridine rings is 1. The Morgan fingerprint density at radius 3 is 2.68 bits per heavy atom. The van der Waals surface area contributed by atoms with Gasteiger partial charge < -0.3 is 20.7 Å². The molecule has 1 fully saturated rings. The zero-order valence-electron chi connectivity index (χ0n) is 20.3. The average Bonchev–Trinajstić information content (AvgIpc) is 3.25. The number of urea groups is 1. The van der Waals surface area contributed by atoms with Gasteiger partial charge in [0.1, 0.15) is 32.8 Å². The van der Waals surface area contributed by atoms with Crippen molar-refractivity contribution in [3.63, 3.8) is 0 Å². The van der Waals surface area contributed by atoms with Gasteiger partial charge in [-0.2, -0.15) is 0 Å². The first-order chi connectivity index (χ1) is 18.4. The highest BCUT2D eigenvalue weighted by Crippen LogP contribution is 2.46. The molecule has 11 heteroatoms. The van der Waals surface area contributed by atoms with Crippen LogP contribution in [0.5, 0.6) is 11.5 Å². The lowest BCUT2D eigenvalue weighted by Crippen LogP contribution is -2.45. The molecule has 8 nitrogen and oxygen atoms in total. The molecule has 6 rings (SSSR count). The largest absolute Gasteiger partial charge is 0.457 e. The Bertz CT molecular complexity index is 1560. The number of nitrogens with one attached hydrogen (secondary N) is 3. The zero-order valence-corrected chi connectivity index (χ0v) is 21.1. The average molecular weight is 536 g/mol. The highest BCUT2D eigenvalue weighted by Gasteiger charge is 2.33. The number of anilines is 3. The lowest BCUT2D eigenvalue weighted by atomic mass is 10.1. The summed E-state index contributed by atoms with van der Waals surface area (Å²) < 4.78 is 32.8. The number of hydrogen-bond donors (Lipinski definition) is 3. The number of thiophene rings is 1. The van der Waals surface area contributed by atoms with Gasteiger partial charge >= 0.3 is 6.03 Å². The summed E-state index contributed by atoms with van der Waals surface area (Å²) in [6.07, 6.45) is 3.50. The summed E-state index contributed by atoms with van der Waals surface area (Å²) in [5.74, 6) is -1.33. The van der Waals surface area contributed by atoms with Crippen LogP contribution in [0.25, 0.3) is 10.2 Å². The number of nitrogens with zero attached hydrogens (tertiary/aromatic N) is 2. The number of piperidine rings is 1. The number of rotatable bonds is 5. The van der Waals surface area contributed by atoms with E-state index in [9.17, 15) is 18.4 Å². The van der Waals surface area contributed by atoms with Crippen LogP contribution in [-0.4, -0.2) is 36.1 Å². The Kier molecular flexibility index (Phi) is 6.16. The van der Waals surface area contributed by atoms with Crippen LogP contribution in [0.15, 0.2) is 48.7 Å². The molecule has 1 unspecified atom stereocenters. The third-order valence-electron chi connectivity index (χ3n) is 6.57. The molecule has 1 saturated heterocycles. The van der Waals surface area contributed by atoms with E-state index < -0.39 is 17.7 Å². The molecule has 4 aromatic rings. The second-order valence-corrected chi connectivity index (χ2v) is 10.3. The Morgan fingerprint density at radius 1 is 1.13 bits per heavy atom. The topological polar surface area (TPSA) is 95.6 Å². The molecule has 3 amide bonds. The maximum absolute atomic E-state index is 13.6. The van der Waals surface area contributed by atoms with Gasteiger partial charge in [-0.3, -0.25) is 9.69 Å². The number of carbonyl (C=O) groups is 2. The number of ether oxygens (including phenoxy) is 1. The van der Waals surface area contributed by atoms with Crippen LogP contribution in [-0.2, 0) is 0 Å². The van der Waals surface area contributed by atoms with E-state index in [0.29, 0.717) is 50.0 Å². The van der Waals surface area contributed by atoms with E-state index in [1.54, 1.807) is 37.4 Å². The first-order valence-corrected chi connectivity index (χ1v) is 13.0. The van der Waals surface area contributed by atoms with Crippen molar-refractivity contribution in [1.29, 1.82) is 0 Å². The molecule has 4 heterocycles. The number of benzene rings is 2. The minimum atomic E-state index is -0.741. The predicted octanol–water partition coefficient (Wildman–Crippen LogP) is 5.84. The van der Waals surface area contributed by atoms with Crippen LogP contribution in [0, 0.1) is 18.6 Å². The fourth-order valence-corrected chi connectivity index (χ4v) is 5.90. The molecule has 0 radical (unpaired) electrons. The molecule has 0 aliphatic carbocycles. The van der Waals surface area contributed by atoms with Crippen molar-refractivity contribution in [2.45, 2.75) is 25.8 Å². The molecule has 0 saturated carbocycles. The van der Waals surface area contributed by atoms with Gasteiger partial charge in [-0.05, 0) is 56.1 Å². The van der Waals surface area contributed by atoms with Crippen molar-refractivity contribution in [3.8, 4) is 11.5 Å². The summed E-state index contributed by atoms with van der Waals surface area (Å²) in [6, 6.07) is 9.32. The van der Waals surface area contributed by atoms with Crippen LogP contribution in [0.2, 0.25) is 0 Å². The van der Waals surface area contributed by atoms with Gasteiger partial charge in [-0.25, -0.2) is 18.6 Å². The molecular weight excluding hydrogens is 512 g/mol. The summed E-state index contributed by atoms with van der Waals surface area (Å²) in [7, 11) is 0. The van der Waals surface area contributed by atoms with Gasteiger partial charge in [0, 0.05) is 37.0 Å². The normalized spacial score (nSPS) is 16.9. The van der Waals surface area contributed by atoms with Crippen molar-refractivity contribution < 1.29 is 23.1 Å². The first-order valence-electron chi connectivity index (χ1n) is 12.2. The molecule has 3 N–H and O–H groups in total. The van der Waals surface area contributed by atoms with E-state index in [0.717, 1.165) is 37.6 Å². The van der Waals surface area contributed by atoms with Crippen molar-refractivity contribution >= 4 is 50.6 Å². The van der Waals surface area contributed by atoms with Crippen LogP contribution < -0.4 is 25.6 Å². The molecule has 0 bridgehead atoms. The number of aryl methyl sites for hydroxylation is 1. The third-order valence-corrected chi connectivity index (χ3v) is 7.66. The monoisotopic (exact) mass is 535 g/mol. The number of amides is 3. The van der Waals surface area contributed by atoms with Gasteiger partial charge in [-0.1, -0.05) is 0 Å². The minimum Gasteiger partial charge on any atom is -0.457 e. The van der Waals surface area contributed by atoms with Crippen LogP contribution >= 0.6 is 11.3 Å². The summed E-state index contributed by atoms with van der Waals surface area (Å²) in [4.78, 5) is 33.6. The Hall–Kier alpha value is -4.09. The van der Waals surface area contributed by atoms with Gasteiger partial charge in [0.2, 0.25) is 0 Å². The maximum atomic E-state index is 13.6. The molecule has 0 spiro atoms. The maximum Gasteiger partial charge on any atom is 0.331 e. The van der Waals surface area contributed by atoms with Crippen molar-refractivity contribution in [2.75, 3.05) is 23.3 Å². The molecule has 2 aliphatic heterocycles. The number of carbonyl (C=O) groups excluding carboxylic acids is 2. The molecular formula is C27H23F2N5O3S. The fourth-order valence-electron chi connectivity index (χ4n) is 4.88. The van der Waals surface area contributed by atoms with Crippen molar-refractivity contribution in [1.82, 2.24) is 15.6 Å². The summed E-state index contributed by atoms with van der Waals surface area (Å²) >= 11 is 1.24. The van der Waals surface area contributed by atoms with Crippen molar-refractivity contribution in [3.05, 3.63) is 70.7 Å². The van der Waals surface area contributed by atoms with Crippen LogP contribution in [0.4, 0.5) is 30.6 Å². The van der Waals surface area contributed by atoms with E-state index in [4.69, 9.17) is 4.74 Å². The molecule has 2 aromatic heterocycles. The molecule has 194 valence electrons. The lowest BCUT2D eigenvalue weighted by Gasteiger charge is -2.30. The molecule has 38 heavy (non-hydrogen) atoms. The molecule has 2 aromatic carbocycles. The summed E-state index contributed by atoms with van der Waals surface area (Å²) in [6.45, 7) is 3.46. The predicted molar refractivity (Wildman–Crippen MR) is 142 cm³/mol. The van der Waals surface area contributed by atoms with E-state index in [-0.39, 0.29) is 17.7 Å². The van der Waals surface area contributed by atoms with Crippen molar-refractivity contribution in [2.24, 2.45) is 0 Å². The Labute approximate surface area is 220 Å². The zero-order chi connectivity index (χ0) is 26.4. The second kappa shape index (κ2) is 9.66. The highest BCUT2D eigenvalue weighted by atomic mass is 32.1. The number of hydrogen-bond acceptors (Lipinski definition) is 6. The van der Waals surface area contributed by atoms with E-state index >= 15 is 0 Å².